The average Bonchev–Trinajstić information content (AvgIpc) is 2.21. The summed E-state index contributed by atoms with van der Waals surface area (Å²) < 4.78 is 0. The number of hydrogen-bond acceptors (Lipinski definition) is 1. The van der Waals surface area contributed by atoms with Crippen molar-refractivity contribution < 1.29 is 0 Å². The third-order valence-electron chi connectivity index (χ3n) is 2.42. The predicted molar refractivity (Wildman–Crippen MR) is 66.0 cm³/mol. The minimum absolute atomic E-state index is 1.15. The Morgan fingerprint density at radius 1 is 1.00 bits per heavy atom. The van der Waals surface area contributed by atoms with Crippen molar-refractivity contribution in [2.75, 3.05) is 19.6 Å². The molecule has 1 nitrogen and oxygen atoms in total. The normalized spacial score (nSPS) is 11.8. The van der Waals surface area contributed by atoms with Crippen LogP contribution in [0.4, 0.5) is 0 Å². The first-order valence-electron chi connectivity index (χ1n) is 6.22. The zero-order valence-corrected chi connectivity index (χ0v) is 10.3. The van der Waals surface area contributed by atoms with Gasteiger partial charge in [0, 0.05) is 0 Å². The van der Waals surface area contributed by atoms with Gasteiger partial charge < -0.3 is 0 Å². The molecule has 0 heterocycles. The maximum absolute atomic E-state index is 2.57. The van der Waals surface area contributed by atoms with Crippen LogP contribution in [0.3, 0.4) is 0 Å². The first-order valence-corrected chi connectivity index (χ1v) is 6.22. The molecule has 0 fully saturated rings. The Kier molecular flexibility index (Phi) is 11.6. The van der Waals surface area contributed by atoms with Crippen LogP contribution in [0, 0.1) is 0 Å². The Bertz CT molecular complexity index is 126. The second-order valence-electron chi connectivity index (χ2n) is 3.89. The van der Waals surface area contributed by atoms with Crippen LogP contribution in [0.25, 0.3) is 0 Å². The van der Waals surface area contributed by atoms with Crippen molar-refractivity contribution in [3.05, 3.63) is 12.2 Å². The van der Waals surface area contributed by atoms with E-state index in [0.717, 1.165) is 11.6 Å². The molecule has 0 aliphatic rings. The van der Waals surface area contributed by atoms with E-state index in [2.05, 4.69) is 48.6 Å². The van der Waals surface area contributed by atoms with Crippen molar-refractivity contribution in [1.29, 1.82) is 0 Å². The van der Waals surface area contributed by atoms with E-state index >= 15 is 0 Å². The number of hydrogen-bond donors (Lipinski definition) is 0. The van der Waals surface area contributed by atoms with Crippen LogP contribution in [0.2, 0.25) is 5.09 Å². The van der Waals surface area contributed by atoms with Crippen LogP contribution < -0.4 is 0 Å². The van der Waals surface area contributed by atoms with E-state index < -0.39 is 0 Å². The number of rotatable bonds is 9. The van der Waals surface area contributed by atoms with Gasteiger partial charge in [-0.05, 0) is 0 Å². The van der Waals surface area contributed by atoms with Crippen LogP contribution in [-0.4, -0.2) is 42.2 Å². The molecule has 0 aromatic carbocycles. The van der Waals surface area contributed by atoms with Crippen molar-refractivity contribution in [2.45, 2.75) is 44.6 Å². The third kappa shape index (κ3) is 8.88. The molecule has 0 amide bonds. The Labute approximate surface area is 99.1 Å². The van der Waals surface area contributed by atoms with Gasteiger partial charge in [0.15, 0.2) is 0 Å². The molecule has 2 heteroatoms. The van der Waals surface area contributed by atoms with Crippen LogP contribution in [0.5, 0.6) is 0 Å². The molecule has 0 aliphatic carbocycles. The van der Waals surface area contributed by atoms with Gasteiger partial charge >= 0.3 is 99.0 Å². The fraction of sp³-hybridized carbons (Fsp3) is 0.833. The number of nitrogens with zero attached hydrogens (tertiary/aromatic N) is 1. The van der Waals surface area contributed by atoms with Crippen molar-refractivity contribution in [1.82, 2.24) is 4.90 Å². The van der Waals surface area contributed by atoms with Gasteiger partial charge in [0.25, 0.3) is 0 Å². The van der Waals surface area contributed by atoms with E-state index in [-0.39, 0.29) is 0 Å². The molecular formula is C12H24LiN. The quantitative estimate of drug-likeness (QED) is 0.398. The van der Waals surface area contributed by atoms with E-state index in [0.29, 0.717) is 0 Å². The maximum atomic E-state index is 2.57. The molecule has 0 bridgehead atoms. The second kappa shape index (κ2) is 11.4. The fourth-order valence-electron chi connectivity index (χ4n) is 1.45. The molecule has 0 N–H and O–H groups in total. The summed E-state index contributed by atoms with van der Waals surface area (Å²) in [5, 5.41) is 1.16. The van der Waals surface area contributed by atoms with Crippen molar-refractivity contribution >= 4 is 17.7 Å². The van der Waals surface area contributed by atoms with Gasteiger partial charge in [-0.1, -0.05) is 0 Å². The second-order valence-corrected chi connectivity index (χ2v) is 3.89. The van der Waals surface area contributed by atoms with Crippen molar-refractivity contribution in [3.8, 4) is 0 Å². The summed E-state index contributed by atoms with van der Waals surface area (Å²) in [4.78, 5) is 2.57. The summed E-state index contributed by atoms with van der Waals surface area (Å²) in [6, 6.07) is 0. The zero-order chi connectivity index (χ0) is 10.6. The number of allylic oxidation sites excluding steroid dienone is 1. The Morgan fingerprint density at radius 2 is 1.57 bits per heavy atom. The molecule has 0 aromatic heterocycles. The van der Waals surface area contributed by atoms with E-state index in [1.807, 2.05) is 0 Å². The van der Waals surface area contributed by atoms with Crippen molar-refractivity contribution in [3.63, 3.8) is 0 Å². The van der Waals surface area contributed by atoms with Gasteiger partial charge in [-0.3, -0.25) is 0 Å². The Balaban J connectivity index is 3.65. The van der Waals surface area contributed by atoms with Gasteiger partial charge in [0.05, 0.1) is 0 Å². The molecule has 0 radical (unpaired) electrons. The molecule has 0 spiro atoms. The van der Waals surface area contributed by atoms with Crippen LogP contribution in [0.15, 0.2) is 12.2 Å². The summed E-state index contributed by atoms with van der Waals surface area (Å²) in [5.74, 6) is 0. The van der Waals surface area contributed by atoms with Crippen LogP contribution >= 0.6 is 0 Å². The molecular weight excluding hydrogens is 165 g/mol. The Morgan fingerprint density at radius 3 is 2.00 bits per heavy atom. The molecule has 0 rings (SSSR count). The molecule has 0 aromatic rings. The van der Waals surface area contributed by atoms with Crippen LogP contribution in [0.1, 0.15) is 39.5 Å². The molecule has 14 heavy (non-hydrogen) atoms. The van der Waals surface area contributed by atoms with Gasteiger partial charge in [-0.25, -0.2) is 0 Å². The average molecular weight is 189 g/mol. The topological polar surface area (TPSA) is 3.24 Å². The summed E-state index contributed by atoms with van der Waals surface area (Å²) in [6.45, 7) is 8.21. The molecule has 0 atom stereocenters. The van der Waals surface area contributed by atoms with E-state index in [1.165, 1.54) is 38.8 Å². The summed E-state index contributed by atoms with van der Waals surface area (Å²) in [5.41, 5.74) is 0. The van der Waals surface area contributed by atoms with E-state index in [1.54, 1.807) is 0 Å². The SMILES string of the molecule is [Li][CH2]/C=C/CN(CCCC)CCCC. The summed E-state index contributed by atoms with van der Waals surface area (Å²) in [7, 11) is 0. The molecule has 0 saturated heterocycles. The third-order valence-corrected chi connectivity index (χ3v) is 2.42. The molecule has 78 valence electrons. The van der Waals surface area contributed by atoms with Crippen LogP contribution in [-0.2, 0) is 0 Å². The Hall–Kier alpha value is 0.297. The standard InChI is InChI=1S/C12H24N.Li/c1-4-7-10-13(11-8-5-2)12-9-6-3;/h4,7H,1,5-6,8-12H2,2-3H3;/b7-4+;. The van der Waals surface area contributed by atoms with Gasteiger partial charge in [0.1, 0.15) is 0 Å². The van der Waals surface area contributed by atoms with Gasteiger partial charge in [-0.2, -0.15) is 0 Å². The predicted octanol–water partition coefficient (Wildman–Crippen LogP) is 3.03. The van der Waals surface area contributed by atoms with E-state index in [9.17, 15) is 0 Å². The van der Waals surface area contributed by atoms with Gasteiger partial charge in [-0.15, -0.1) is 0 Å². The molecule has 0 aliphatic heterocycles. The summed E-state index contributed by atoms with van der Waals surface area (Å²) >= 11 is 2.19. The van der Waals surface area contributed by atoms with Gasteiger partial charge in [0.2, 0.25) is 0 Å². The fourth-order valence-corrected chi connectivity index (χ4v) is 1.45. The molecule has 0 saturated carbocycles. The van der Waals surface area contributed by atoms with E-state index in [4.69, 9.17) is 0 Å². The van der Waals surface area contributed by atoms with Crippen molar-refractivity contribution in [2.24, 2.45) is 0 Å². The monoisotopic (exact) mass is 189 g/mol. The zero-order valence-electron chi connectivity index (χ0n) is 10.3. The first-order chi connectivity index (χ1) is 6.85. The number of unbranched alkanes of at least 4 members (excludes halogenated alkanes) is 2. The first kappa shape index (κ1) is 14.3. The molecule has 0 unspecified atom stereocenters. The summed E-state index contributed by atoms with van der Waals surface area (Å²) in [6.07, 6.45) is 9.86. The minimum atomic E-state index is 1.15.